The molecule has 23 heavy (non-hydrogen) atoms. The number of imidazole rings is 1. The number of ether oxygens (including phenoxy) is 1. The number of aromatic amines is 1. The summed E-state index contributed by atoms with van der Waals surface area (Å²) in [4.78, 5) is 40.7. The molecule has 9 nitrogen and oxygen atoms in total. The summed E-state index contributed by atoms with van der Waals surface area (Å²) in [6.07, 6.45) is 4.02. The minimum Gasteiger partial charge on any atom is -0.481 e. The highest BCUT2D eigenvalue weighted by Gasteiger charge is 2.30. The van der Waals surface area contributed by atoms with E-state index in [1.807, 2.05) is 0 Å². The number of H-pyrrole nitrogens is 1. The lowest BCUT2D eigenvalue weighted by molar-refractivity contribution is -0.137. The Morgan fingerprint density at radius 2 is 2.22 bits per heavy atom. The van der Waals surface area contributed by atoms with E-state index in [0.717, 1.165) is 0 Å². The Kier molecular flexibility index (Phi) is 6.10. The smallest absolute Gasteiger partial charge is 0.303 e. The monoisotopic (exact) mass is 324 g/mol. The standard InChI is InChI=1S/C14H20N4O5/c19-11(18-14-16-5-6-17-14)3-4-15-13(22)9-7-10(23-8-9)1-2-12(20)21/h5-6,9-10H,1-4,7-8H2,(H,15,22)(H,20,21)(H2,16,17,18,19). The van der Waals surface area contributed by atoms with E-state index in [2.05, 4.69) is 20.6 Å². The summed E-state index contributed by atoms with van der Waals surface area (Å²) < 4.78 is 5.42. The molecule has 2 amide bonds. The van der Waals surface area contributed by atoms with Gasteiger partial charge in [-0.1, -0.05) is 0 Å². The van der Waals surface area contributed by atoms with Crippen LogP contribution in [0.5, 0.6) is 0 Å². The van der Waals surface area contributed by atoms with Gasteiger partial charge in [-0.05, 0) is 12.8 Å². The zero-order chi connectivity index (χ0) is 16.7. The summed E-state index contributed by atoms with van der Waals surface area (Å²) in [6.45, 7) is 0.510. The van der Waals surface area contributed by atoms with E-state index in [1.54, 1.807) is 6.20 Å². The predicted molar refractivity (Wildman–Crippen MR) is 79.6 cm³/mol. The molecule has 9 heteroatoms. The number of hydrogen-bond donors (Lipinski definition) is 4. The van der Waals surface area contributed by atoms with Gasteiger partial charge >= 0.3 is 5.97 Å². The predicted octanol–water partition coefficient (Wildman–Crippen LogP) is 0.124. The molecule has 1 saturated heterocycles. The number of nitrogens with zero attached hydrogens (tertiary/aromatic N) is 1. The van der Waals surface area contributed by atoms with Gasteiger partial charge in [-0.3, -0.25) is 19.7 Å². The van der Waals surface area contributed by atoms with Crippen LogP contribution in [0.1, 0.15) is 25.7 Å². The lowest BCUT2D eigenvalue weighted by Crippen LogP contribution is -2.33. The third-order valence-electron chi connectivity index (χ3n) is 3.54. The van der Waals surface area contributed by atoms with Crippen LogP contribution in [0, 0.1) is 5.92 Å². The Labute approximate surface area is 132 Å². The first-order valence-electron chi connectivity index (χ1n) is 7.45. The maximum Gasteiger partial charge on any atom is 0.303 e. The first-order valence-corrected chi connectivity index (χ1v) is 7.45. The van der Waals surface area contributed by atoms with Crippen molar-refractivity contribution in [3.63, 3.8) is 0 Å². The van der Waals surface area contributed by atoms with Crippen molar-refractivity contribution in [3.8, 4) is 0 Å². The zero-order valence-corrected chi connectivity index (χ0v) is 12.6. The van der Waals surface area contributed by atoms with Gasteiger partial charge < -0.3 is 20.1 Å². The molecular weight excluding hydrogens is 304 g/mol. The molecule has 1 fully saturated rings. The SMILES string of the molecule is O=C(O)CCC1CC(C(=O)NCCC(=O)Nc2ncc[nH]2)CO1. The summed E-state index contributed by atoms with van der Waals surface area (Å²) in [7, 11) is 0. The fourth-order valence-corrected chi connectivity index (χ4v) is 2.35. The van der Waals surface area contributed by atoms with Gasteiger partial charge in [0, 0.05) is 31.8 Å². The quantitative estimate of drug-likeness (QED) is 0.537. The highest BCUT2D eigenvalue weighted by Crippen LogP contribution is 2.23. The highest BCUT2D eigenvalue weighted by atomic mass is 16.5. The molecule has 2 rings (SSSR count). The number of rotatable bonds is 8. The number of aliphatic carboxylic acids is 1. The van der Waals surface area contributed by atoms with Crippen LogP contribution in [0.2, 0.25) is 0 Å². The normalized spacial score (nSPS) is 20.2. The van der Waals surface area contributed by atoms with Gasteiger partial charge in [0.15, 0.2) is 0 Å². The molecule has 1 aromatic heterocycles. The van der Waals surface area contributed by atoms with Gasteiger partial charge in [-0.25, -0.2) is 4.98 Å². The van der Waals surface area contributed by atoms with E-state index >= 15 is 0 Å². The molecule has 0 spiro atoms. The molecule has 0 saturated carbocycles. The molecule has 2 unspecified atom stereocenters. The van der Waals surface area contributed by atoms with Crippen LogP contribution in [0.4, 0.5) is 5.95 Å². The molecule has 4 N–H and O–H groups in total. The van der Waals surface area contributed by atoms with E-state index in [1.165, 1.54) is 6.20 Å². The highest BCUT2D eigenvalue weighted by molar-refractivity contribution is 5.89. The number of hydrogen-bond acceptors (Lipinski definition) is 5. The average Bonchev–Trinajstić information content (AvgIpc) is 3.16. The van der Waals surface area contributed by atoms with Gasteiger partial charge in [-0.15, -0.1) is 0 Å². The van der Waals surface area contributed by atoms with Crippen LogP contribution in [0.3, 0.4) is 0 Å². The fraction of sp³-hybridized carbons (Fsp3) is 0.571. The minimum absolute atomic E-state index is 0.0337. The van der Waals surface area contributed by atoms with E-state index in [4.69, 9.17) is 9.84 Å². The molecule has 0 aromatic carbocycles. The van der Waals surface area contributed by atoms with Crippen molar-refractivity contribution in [2.75, 3.05) is 18.5 Å². The summed E-state index contributed by atoms with van der Waals surface area (Å²) in [5, 5.41) is 13.9. The molecule has 1 aliphatic heterocycles. The van der Waals surface area contributed by atoms with Gasteiger partial charge in [0.25, 0.3) is 0 Å². The molecule has 1 aliphatic rings. The Balaban J connectivity index is 1.61. The van der Waals surface area contributed by atoms with E-state index in [0.29, 0.717) is 18.8 Å². The Morgan fingerprint density at radius 1 is 1.39 bits per heavy atom. The van der Waals surface area contributed by atoms with Gasteiger partial charge in [0.2, 0.25) is 17.8 Å². The lowest BCUT2D eigenvalue weighted by atomic mass is 10.0. The third kappa shape index (κ3) is 5.70. The molecule has 2 atom stereocenters. The van der Waals surface area contributed by atoms with Gasteiger partial charge in [0.1, 0.15) is 0 Å². The molecular formula is C14H20N4O5. The molecule has 0 aliphatic carbocycles. The maximum atomic E-state index is 12.0. The molecule has 126 valence electrons. The van der Waals surface area contributed by atoms with Crippen molar-refractivity contribution in [3.05, 3.63) is 12.4 Å². The number of carboxylic acids is 1. The Hall–Kier alpha value is -2.42. The largest absolute Gasteiger partial charge is 0.481 e. The topological polar surface area (TPSA) is 133 Å². The molecule has 1 aromatic rings. The molecule has 2 heterocycles. The van der Waals surface area contributed by atoms with E-state index in [-0.39, 0.29) is 49.8 Å². The number of amides is 2. The number of aromatic nitrogens is 2. The summed E-state index contributed by atoms with van der Waals surface area (Å²) >= 11 is 0. The maximum absolute atomic E-state index is 12.0. The summed E-state index contributed by atoms with van der Waals surface area (Å²) in [5.74, 6) is -1.21. The molecule has 0 radical (unpaired) electrons. The number of anilines is 1. The van der Waals surface area contributed by atoms with Crippen molar-refractivity contribution in [2.24, 2.45) is 5.92 Å². The fourth-order valence-electron chi connectivity index (χ4n) is 2.35. The number of carbonyl (C=O) groups is 3. The Bertz CT molecular complexity index is 545. The van der Waals surface area contributed by atoms with Crippen molar-refractivity contribution < 1.29 is 24.2 Å². The van der Waals surface area contributed by atoms with Crippen LogP contribution in [0.15, 0.2) is 12.4 Å². The van der Waals surface area contributed by atoms with E-state index in [9.17, 15) is 14.4 Å². The van der Waals surface area contributed by atoms with Crippen molar-refractivity contribution in [1.29, 1.82) is 0 Å². The van der Waals surface area contributed by atoms with Gasteiger partial charge in [-0.2, -0.15) is 0 Å². The first-order chi connectivity index (χ1) is 11.0. The molecule has 0 bridgehead atoms. The second-order valence-electron chi connectivity index (χ2n) is 5.35. The van der Waals surface area contributed by atoms with Crippen LogP contribution in [-0.4, -0.2) is 52.1 Å². The first kappa shape index (κ1) is 16.9. The third-order valence-corrected chi connectivity index (χ3v) is 3.54. The van der Waals surface area contributed by atoms with Crippen molar-refractivity contribution in [2.45, 2.75) is 31.8 Å². The number of nitrogens with one attached hydrogen (secondary N) is 3. The van der Waals surface area contributed by atoms with Crippen molar-refractivity contribution >= 4 is 23.7 Å². The van der Waals surface area contributed by atoms with E-state index < -0.39 is 5.97 Å². The summed E-state index contributed by atoms with van der Waals surface area (Å²) in [6, 6.07) is 0. The lowest BCUT2D eigenvalue weighted by Gasteiger charge is -2.09. The van der Waals surface area contributed by atoms with Crippen LogP contribution >= 0.6 is 0 Å². The van der Waals surface area contributed by atoms with Gasteiger partial charge in [0.05, 0.1) is 18.6 Å². The number of carbonyl (C=O) groups excluding carboxylic acids is 2. The summed E-state index contributed by atoms with van der Waals surface area (Å²) in [5.41, 5.74) is 0. The Morgan fingerprint density at radius 3 is 2.91 bits per heavy atom. The minimum atomic E-state index is -0.871. The van der Waals surface area contributed by atoms with Crippen molar-refractivity contribution in [1.82, 2.24) is 15.3 Å². The van der Waals surface area contributed by atoms with Crippen LogP contribution in [0.25, 0.3) is 0 Å². The van der Waals surface area contributed by atoms with Crippen LogP contribution in [-0.2, 0) is 19.1 Å². The second kappa shape index (κ2) is 8.28. The average molecular weight is 324 g/mol. The zero-order valence-electron chi connectivity index (χ0n) is 12.6. The number of carboxylic acid groups (broad SMARTS) is 1. The second-order valence-corrected chi connectivity index (χ2v) is 5.35. The van der Waals surface area contributed by atoms with Crippen LogP contribution < -0.4 is 10.6 Å².